The molecule has 2 aromatic heterocycles. The van der Waals surface area contributed by atoms with Crippen LogP contribution in [0.25, 0.3) is 17.0 Å². The van der Waals surface area contributed by atoms with Crippen LogP contribution in [-0.4, -0.2) is 52.6 Å². The van der Waals surface area contributed by atoms with Gasteiger partial charge in [0.2, 0.25) is 11.6 Å². The van der Waals surface area contributed by atoms with E-state index in [9.17, 15) is 5.11 Å². The van der Waals surface area contributed by atoms with E-state index in [1.165, 1.54) is 0 Å². The minimum absolute atomic E-state index is 0.252. The molecule has 1 aromatic carbocycles. The summed E-state index contributed by atoms with van der Waals surface area (Å²) in [4.78, 5) is 0. The number of aliphatic hydroxyl groups excluding tert-OH is 1. The van der Waals surface area contributed by atoms with Crippen molar-refractivity contribution in [1.82, 2.24) is 41.2 Å². The standard InChI is InChI=1S/C16H15N9O/c26-15(17-12-3-1-9(2-4-12)13-18-22-23-19-13)16-6-5-10(7-11(16)8-16)14-20-24-25-21-14/h1-7,11,15,17,26H,8H2,(H,18,19,22,23)(H,20,21,24,25). The lowest BCUT2D eigenvalue weighted by atomic mass is 9.93. The first kappa shape index (κ1) is 14.9. The highest BCUT2D eigenvalue weighted by Crippen LogP contribution is 2.60. The van der Waals surface area contributed by atoms with Crippen molar-refractivity contribution in [2.75, 3.05) is 5.32 Å². The van der Waals surface area contributed by atoms with E-state index in [1.807, 2.05) is 36.4 Å². The van der Waals surface area contributed by atoms with Gasteiger partial charge in [0.15, 0.2) is 0 Å². The molecule has 0 saturated heterocycles. The maximum absolute atomic E-state index is 10.7. The lowest BCUT2D eigenvalue weighted by molar-refractivity contribution is 0.139. The normalized spacial score (nSPS) is 24.7. The van der Waals surface area contributed by atoms with Crippen LogP contribution in [0.15, 0.2) is 42.5 Å². The molecule has 10 heteroatoms. The van der Waals surface area contributed by atoms with Crippen LogP contribution in [0.2, 0.25) is 0 Å². The monoisotopic (exact) mass is 349 g/mol. The summed E-state index contributed by atoms with van der Waals surface area (Å²) in [6.07, 6.45) is 6.25. The van der Waals surface area contributed by atoms with E-state index >= 15 is 0 Å². The molecular weight excluding hydrogens is 334 g/mol. The summed E-state index contributed by atoms with van der Waals surface area (Å²) in [5, 5.41) is 41.8. The Bertz CT molecular complexity index is 962. The highest BCUT2D eigenvalue weighted by Gasteiger charge is 2.57. The number of nitrogens with zero attached hydrogens (tertiary/aromatic N) is 6. The number of aromatic amines is 2. The van der Waals surface area contributed by atoms with Crippen molar-refractivity contribution < 1.29 is 5.11 Å². The second-order valence-electron chi connectivity index (χ2n) is 6.47. The first-order chi connectivity index (χ1) is 12.7. The maximum Gasteiger partial charge on any atom is 0.204 e. The van der Waals surface area contributed by atoms with Crippen LogP contribution in [0.4, 0.5) is 5.69 Å². The molecule has 5 rings (SSSR count). The van der Waals surface area contributed by atoms with Gasteiger partial charge in [-0.15, -0.1) is 20.4 Å². The molecule has 2 aliphatic carbocycles. The van der Waals surface area contributed by atoms with E-state index in [0.29, 0.717) is 11.6 Å². The van der Waals surface area contributed by atoms with Crippen molar-refractivity contribution >= 4 is 11.3 Å². The van der Waals surface area contributed by atoms with E-state index < -0.39 is 6.23 Å². The average molecular weight is 349 g/mol. The average Bonchev–Trinajstić information content (AvgIpc) is 3.06. The van der Waals surface area contributed by atoms with Gasteiger partial charge in [0, 0.05) is 22.2 Å². The summed E-state index contributed by atoms with van der Waals surface area (Å²) in [5.74, 6) is 1.36. The predicted octanol–water partition coefficient (Wildman–Crippen LogP) is 0.770. The van der Waals surface area contributed by atoms with Gasteiger partial charge in [-0.1, -0.05) is 18.2 Å². The van der Waals surface area contributed by atoms with Crippen molar-refractivity contribution in [3.63, 3.8) is 0 Å². The fourth-order valence-electron chi connectivity index (χ4n) is 3.38. The number of H-pyrrole nitrogens is 2. The van der Waals surface area contributed by atoms with Gasteiger partial charge in [-0.05, 0) is 47.0 Å². The minimum Gasteiger partial charge on any atom is -0.373 e. The summed E-state index contributed by atoms with van der Waals surface area (Å²) < 4.78 is 0. The molecule has 0 spiro atoms. The number of benzene rings is 1. The highest BCUT2D eigenvalue weighted by molar-refractivity contribution is 5.72. The molecule has 1 fully saturated rings. The third-order valence-electron chi connectivity index (χ3n) is 4.96. The minimum atomic E-state index is -0.692. The Morgan fingerprint density at radius 1 is 1.08 bits per heavy atom. The second-order valence-corrected chi connectivity index (χ2v) is 6.47. The number of rotatable bonds is 5. The molecule has 3 atom stereocenters. The zero-order chi connectivity index (χ0) is 17.6. The molecular formula is C16H15N9O. The summed E-state index contributed by atoms with van der Waals surface area (Å²) in [7, 11) is 0. The predicted molar refractivity (Wildman–Crippen MR) is 91.1 cm³/mol. The Labute approximate surface area is 147 Å². The number of hydrogen-bond acceptors (Lipinski definition) is 8. The Morgan fingerprint density at radius 3 is 2.46 bits per heavy atom. The Hall–Kier alpha value is -3.40. The third kappa shape index (κ3) is 2.39. The molecule has 1 saturated carbocycles. The van der Waals surface area contributed by atoms with Crippen molar-refractivity contribution in [3.8, 4) is 11.4 Å². The van der Waals surface area contributed by atoms with Crippen LogP contribution in [0, 0.1) is 11.3 Å². The largest absolute Gasteiger partial charge is 0.373 e. The first-order valence-corrected chi connectivity index (χ1v) is 8.18. The van der Waals surface area contributed by atoms with E-state index in [-0.39, 0.29) is 11.3 Å². The summed E-state index contributed by atoms with van der Waals surface area (Å²) in [5.41, 5.74) is 2.31. The number of fused-ring (bicyclic) bond motifs is 1. The lowest BCUT2D eigenvalue weighted by Gasteiger charge is -2.24. The summed E-state index contributed by atoms with van der Waals surface area (Å²) >= 11 is 0. The van der Waals surface area contributed by atoms with Gasteiger partial charge in [-0.25, -0.2) is 0 Å². The van der Waals surface area contributed by atoms with Crippen LogP contribution in [-0.2, 0) is 0 Å². The van der Waals surface area contributed by atoms with Crippen molar-refractivity contribution in [3.05, 3.63) is 48.3 Å². The lowest BCUT2D eigenvalue weighted by Crippen LogP contribution is -2.31. The molecule has 0 radical (unpaired) electrons. The van der Waals surface area contributed by atoms with Gasteiger partial charge in [0.05, 0.1) is 0 Å². The third-order valence-corrected chi connectivity index (χ3v) is 4.96. The van der Waals surface area contributed by atoms with Gasteiger partial charge in [-0.2, -0.15) is 10.4 Å². The van der Waals surface area contributed by atoms with Gasteiger partial charge in [0.1, 0.15) is 6.23 Å². The quantitative estimate of drug-likeness (QED) is 0.495. The Balaban J connectivity index is 1.29. The highest BCUT2D eigenvalue weighted by atomic mass is 16.3. The van der Waals surface area contributed by atoms with Crippen LogP contribution >= 0.6 is 0 Å². The van der Waals surface area contributed by atoms with Crippen molar-refractivity contribution in [2.24, 2.45) is 11.3 Å². The molecule has 0 aliphatic heterocycles. The molecule has 0 bridgehead atoms. The number of nitrogens with one attached hydrogen (secondary N) is 3. The van der Waals surface area contributed by atoms with E-state index in [1.54, 1.807) is 0 Å². The molecule has 4 N–H and O–H groups in total. The van der Waals surface area contributed by atoms with E-state index in [4.69, 9.17) is 0 Å². The molecule has 10 nitrogen and oxygen atoms in total. The summed E-state index contributed by atoms with van der Waals surface area (Å²) in [6.45, 7) is 0. The molecule has 26 heavy (non-hydrogen) atoms. The molecule has 2 aliphatic rings. The zero-order valence-electron chi connectivity index (χ0n) is 13.5. The van der Waals surface area contributed by atoms with E-state index in [0.717, 1.165) is 23.2 Å². The topological polar surface area (TPSA) is 141 Å². The maximum atomic E-state index is 10.7. The number of aromatic nitrogens is 8. The van der Waals surface area contributed by atoms with Crippen LogP contribution in [0.3, 0.4) is 0 Å². The molecule has 130 valence electrons. The number of tetrazole rings is 2. The first-order valence-electron chi connectivity index (χ1n) is 8.18. The number of allylic oxidation sites excluding steroid dienone is 3. The van der Waals surface area contributed by atoms with Crippen molar-refractivity contribution in [2.45, 2.75) is 12.6 Å². The van der Waals surface area contributed by atoms with Gasteiger partial charge >= 0.3 is 0 Å². The van der Waals surface area contributed by atoms with Gasteiger partial charge < -0.3 is 10.4 Å². The van der Waals surface area contributed by atoms with Crippen molar-refractivity contribution in [1.29, 1.82) is 0 Å². The fourth-order valence-corrected chi connectivity index (χ4v) is 3.38. The number of anilines is 1. The second kappa shape index (κ2) is 5.56. The van der Waals surface area contributed by atoms with Gasteiger partial charge in [0.25, 0.3) is 0 Å². The Kier molecular flexibility index (Phi) is 3.19. The van der Waals surface area contributed by atoms with Crippen LogP contribution < -0.4 is 5.32 Å². The number of hydrogen-bond donors (Lipinski definition) is 4. The molecule has 0 amide bonds. The Morgan fingerprint density at radius 2 is 1.81 bits per heavy atom. The SMILES string of the molecule is OC(Nc1ccc(-c2nn[nH]n2)cc1)C12C=CC(c3nn[nH]n3)=CC1C2. The molecule has 3 unspecified atom stereocenters. The van der Waals surface area contributed by atoms with Gasteiger partial charge in [-0.3, -0.25) is 0 Å². The number of aliphatic hydroxyl groups is 1. The van der Waals surface area contributed by atoms with Crippen LogP contribution in [0.5, 0.6) is 0 Å². The fraction of sp³-hybridized carbons (Fsp3) is 0.250. The zero-order valence-corrected chi connectivity index (χ0v) is 13.5. The summed E-state index contributed by atoms with van der Waals surface area (Å²) in [6, 6.07) is 7.53. The smallest absolute Gasteiger partial charge is 0.204 e. The molecule has 2 heterocycles. The van der Waals surface area contributed by atoms with E-state index in [2.05, 4.69) is 52.6 Å². The van der Waals surface area contributed by atoms with Crippen LogP contribution in [0.1, 0.15) is 12.2 Å². The molecule has 3 aromatic rings.